The summed E-state index contributed by atoms with van der Waals surface area (Å²) in [6.45, 7) is 4.30. The van der Waals surface area contributed by atoms with E-state index in [0.717, 1.165) is 6.42 Å². The van der Waals surface area contributed by atoms with E-state index in [1.165, 1.54) is 6.08 Å². The molecule has 0 unspecified atom stereocenters. The molecule has 0 heterocycles. The van der Waals surface area contributed by atoms with Gasteiger partial charge in [-0.3, -0.25) is 4.79 Å². The SMILES string of the molecule is CC(C)C[C@H](CN=C=O)CC(=O)O. The van der Waals surface area contributed by atoms with Crippen LogP contribution in [0.4, 0.5) is 0 Å². The molecule has 0 aromatic heterocycles. The van der Waals surface area contributed by atoms with Crippen LogP contribution in [0, 0.1) is 11.8 Å². The highest BCUT2D eigenvalue weighted by atomic mass is 16.4. The lowest BCUT2D eigenvalue weighted by molar-refractivity contribution is -0.138. The number of carbonyl (C=O) groups is 1. The van der Waals surface area contributed by atoms with Gasteiger partial charge in [0.25, 0.3) is 0 Å². The summed E-state index contributed by atoms with van der Waals surface area (Å²) >= 11 is 0. The minimum atomic E-state index is -0.841. The Kier molecular flexibility index (Phi) is 5.81. The zero-order valence-electron chi connectivity index (χ0n) is 7.99. The summed E-state index contributed by atoms with van der Waals surface area (Å²) in [4.78, 5) is 23.7. The number of hydrogen-bond donors (Lipinski definition) is 1. The second-order valence-corrected chi connectivity index (χ2v) is 3.53. The van der Waals surface area contributed by atoms with E-state index in [2.05, 4.69) is 4.99 Å². The number of aliphatic imine (C=N–C) groups is 1. The summed E-state index contributed by atoms with van der Waals surface area (Å²) in [7, 11) is 0. The minimum Gasteiger partial charge on any atom is -0.481 e. The number of rotatable bonds is 6. The quantitative estimate of drug-likeness (QED) is 0.503. The van der Waals surface area contributed by atoms with Gasteiger partial charge in [0.05, 0.1) is 6.54 Å². The number of aliphatic carboxylic acids is 1. The van der Waals surface area contributed by atoms with E-state index in [0.29, 0.717) is 5.92 Å². The van der Waals surface area contributed by atoms with Crippen molar-refractivity contribution in [1.29, 1.82) is 0 Å². The molecular weight excluding hydrogens is 170 g/mol. The van der Waals surface area contributed by atoms with Crippen molar-refractivity contribution in [2.75, 3.05) is 6.54 Å². The van der Waals surface area contributed by atoms with E-state index in [4.69, 9.17) is 5.11 Å². The molecule has 0 saturated heterocycles. The van der Waals surface area contributed by atoms with Crippen molar-refractivity contribution in [2.45, 2.75) is 26.7 Å². The van der Waals surface area contributed by atoms with E-state index >= 15 is 0 Å². The highest BCUT2D eigenvalue weighted by molar-refractivity contribution is 5.67. The predicted molar refractivity (Wildman–Crippen MR) is 48.2 cm³/mol. The molecule has 4 heteroatoms. The molecule has 0 aliphatic carbocycles. The van der Waals surface area contributed by atoms with E-state index in [1.54, 1.807) is 0 Å². The number of carbonyl (C=O) groups excluding carboxylic acids is 1. The summed E-state index contributed by atoms with van der Waals surface area (Å²) in [5.41, 5.74) is 0. The van der Waals surface area contributed by atoms with Crippen molar-refractivity contribution in [1.82, 2.24) is 0 Å². The lowest BCUT2D eigenvalue weighted by Crippen LogP contribution is -2.13. The van der Waals surface area contributed by atoms with Crippen molar-refractivity contribution >= 4 is 12.0 Å². The Balaban J connectivity index is 4.01. The number of carboxylic acid groups (broad SMARTS) is 1. The average Bonchev–Trinajstić information content (AvgIpc) is 1.98. The van der Waals surface area contributed by atoms with Crippen molar-refractivity contribution in [2.24, 2.45) is 16.8 Å². The standard InChI is InChI=1S/C9H15NO3/c1-7(2)3-8(4-9(12)13)5-10-6-11/h7-8H,3-5H2,1-2H3,(H,12,13)/t8-/m0/s1. The molecule has 0 radical (unpaired) electrons. The maximum atomic E-state index is 10.4. The van der Waals surface area contributed by atoms with Crippen molar-refractivity contribution in [3.8, 4) is 0 Å². The van der Waals surface area contributed by atoms with Gasteiger partial charge in [-0.25, -0.2) is 9.79 Å². The molecule has 1 N–H and O–H groups in total. The summed E-state index contributed by atoms with van der Waals surface area (Å²) in [5.74, 6) is -0.461. The molecule has 0 amide bonds. The fourth-order valence-electron chi connectivity index (χ4n) is 1.30. The van der Waals surface area contributed by atoms with Crippen LogP contribution in [-0.2, 0) is 9.59 Å². The second-order valence-electron chi connectivity index (χ2n) is 3.53. The smallest absolute Gasteiger partial charge is 0.303 e. The van der Waals surface area contributed by atoms with Crippen molar-refractivity contribution < 1.29 is 14.7 Å². The van der Waals surface area contributed by atoms with Crippen LogP contribution in [0.3, 0.4) is 0 Å². The van der Waals surface area contributed by atoms with Crippen LogP contribution >= 0.6 is 0 Å². The molecule has 4 nitrogen and oxygen atoms in total. The van der Waals surface area contributed by atoms with Gasteiger partial charge in [0.1, 0.15) is 0 Å². The zero-order valence-corrected chi connectivity index (χ0v) is 7.99. The topological polar surface area (TPSA) is 66.7 Å². The van der Waals surface area contributed by atoms with Crippen LogP contribution in [0.15, 0.2) is 4.99 Å². The molecule has 0 aromatic rings. The normalized spacial score (nSPS) is 12.2. The summed E-state index contributed by atoms with van der Waals surface area (Å²) in [5, 5.41) is 8.56. The molecule has 13 heavy (non-hydrogen) atoms. The second kappa shape index (κ2) is 6.38. The molecule has 0 aromatic carbocycles. The molecule has 74 valence electrons. The van der Waals surface area contributed by atoms with Crippen LogP contribution in [0.5, 0.6) is 0 Å². The lowest BCUT2D eigenvalue weighted by atomic mass is 9.94. The van der Waals surface area contributed by atoms with Crippen LogP contribution < -0.4 is 0 Å². The summed E-state index contributed by atoms with van der Waals surface area (Å²) in [6.07, 6.45) is 2.27. The molecule has 0 aliphatic heterocycles. The van der Waals surface area contributed by atoms with E-state index in [9.17, 15) is 9.59 Å². The van der Waals surface area contributed by atoms with Gasteiger partial charge in [-0.1, -0.05) is 13.8 Å². The predicted octanol–water partition coefficient (Wildman–Crippen LogP) is 1.46. The first-order valence-electron chi connectivity index (χ1n) is 4.31. The Morgan fingerprint density at radius 1 is 1.54 bits per heavy atom. The van der Waals surface area contributed by atoms with Crippen molar-refractivity contribution in [3.63, 3.8) is 0 Å². The lowest BCUT2D eigenvalue weighted by Gasteiger charge is -2.13. The van der Waals surface area contributed by atoms with Gasteiger partial charge in [0, 0.05) is 6.42 Å². The van der Waals surface area contributed by atoms with Crippen LogP contribution in [0.25, 0.3) is 0 Å². The fraction of sp³-hybridized carbons (Fsp3) is 0.778. The van der Waals surface area contributed by atoms with Gasteiger partial charge in [-0.2, -0.15) is 0 Å². The Morgan fingerprint density at radius 2 is 2.15 bits per heavy atom. The molecule has 0 bridgehead atoms. The maximum absolute atomic E-state index is 10.4. The number of carboxylic acids is 1. The molecule has 1 atom stereocenters. The van der Waals surface area contributed by atoms with Gasteiger partial charge < -0.3 is 5.11 Å². The van der Waals surface area contributed by atoms with Crippen LogP contribution in [0.1, 0.15) is 26.7 Å². The molecule has 0 rings (SSSR count). The van der Waals surface area contributed by atoms with Crippen molar-refractivity contribution in [3.05, 3.63) is 0 Å². The largest absolute Gasteiger partial charge is 0.481 e. The molecular formula is C9H15NO3. The summed E-state index contributed by atoms with van der Waals surface area (Å²) in [6, 6.07) is 0. The molecule has 0 saturated carbocycles. The van der Waals surface area contributed by atoms with Gasteiger partial charge in [0.15, 0.2) is 0 Å². The number of hydrogen-bond acceptors (Lipinski definition) is 3. The third-order valence-electron chi connectivity index (χ3n) is 1.68. The highest BCUT2D eigenvalue weighted by Gasteiger charge is 2.14. The van der Waals surface area contributed by atoms with Crippen LogP contribution in [0.2, 0.25) is 0 Å². The molecule has 0 spiro atoms. The highest BCUT2D eigenvalue weighted by Crippen LogP contribution is 2.15. The third-order valence-corrected chi connectivity index (χ3v) is 1.68. The van der Waals surface area contributed by atoms with Gasteiger partial charge in [-0.05, 0) is 18.3 Å². The molecule has 0 aliphatic rings. The first kappa shape index (κ1) is 11.8. The number of isocyanates is 1. The Hall–Kier alpha value is -1.15. The molecule has 0 fully saturated rings. The van der Waals surface area contributed by atoms with Gasteiger partial charge in [-0.15, -0.1) is 0 Å². The zero-order chi connectivity index (χ0) is 10.3. The third kappa shape index (κ3) is 7.22. The van der Waals surface area contributed by atoms with E-state index in [1.807, 2.05) is 13.8 Å². The average molecular weight is 185 g/mol. The maximum Gasteiger partial charge on any atom is 0.303 e. The Labute approximate surface area is 77.7 Å². The summed E-state index contributed by atoms with van der Waals surface area (Å²) < 4.78 is 0. The van der Waals surface area contributed by atoms with E-state index < -0.39 is 5.97 Å². The Bertz CT molecular complexity index is 203. The van der Waals surface area contributed by atoms with E-state index in [-0.39, 0.29) is 18.9 Å². The fourth-order valence-corrected chi connectivity index (χ4v) is 1.30. The van der Waals surface area contributed by atoms with Gasteiger partial charge >= 0.3 is 5.97 Å². The monoisotopic (exact) mass is 185 g/mol. The first-order valence-corrected chi connectivity index (χ1v) is 4.31. The van der Waals surface area contributed by atoms with Gasteiger partial charge in [0.2, 0.25) is 6.08 Å². The number of nitrogens with zero attached hydrogens (tertiary/aromatic N) is 1. The minimum absolute atomic E-state index is 0.0426. The van der Waals surface area contributed by atoms with Crippen LogP contribution in [-0.4, -0.2) is 23.7 Å². The first-order chi connectivity index (χ1) is 6.06. The Morgan fingerprint density at radius 3 is 2.54 bits per heavy atom.